The summed E-state index contributed by atoms with van der Waals surface area (Å²) in [6, 6.07) is 19.8. The summed E-state index contributed by atoms with van der Waals surface area (Å²) >= 11 is 0. The van der Waals surface area contributed by atoms with Crippen molar-refractivity contribution in [3.63, 3.8) is 0 Å². The fourth-order valence-electron chi connectivity index (χ4n) is 3.93. The lowest BCUT2D eigenvalue weighted by atomic mass is 10.0. The van der Waals surface area contributed by atoms with Crippen molar-refractivity contribution in [2.75, 3.05) is 13.2 Å². The van der Waals surface area contributed by atoms with Crippen molar-refractivity contribution in [1.82, 2.24) is 9.47 Å². The monoisotopic (exact) mass is 364 g/mol. The van der Waals surface area contributed by atoms with Crippen molar-refractivity contribution in [3.8, 4) is 5.75 Å². The van der Waals surface area contributed by atoms with Crippen molar-refractivity contribution in [2.24, 2.45) is 0 Å². The smallest absolute Gasteiger partial charge is 0.123 e. The largest absolute Gasteiger partial charge is 0.494 e. The molecule has 140 valence electrons. The molecule has 2 aromatic carbocycles. The van der Waals surface area contributed by atoms with E-state index in [1.54, 1.807) is 12.1 Å². The number of hydrogen-bond donors (Lipinski definition) is 0. The van der Waals surface area contributed by atoms with Crippen molar-refractivity contribution in [3.05, 3.63) is 89.5 Å². The number of benzene rings is 2. The first-order chi connectivity index (χ1) is 13.2. The molecule has 0 unspecified atom stereocenters. The maximum absolute atomic E-state index is 13.3. The number of hydrogen-bond acceptors (Lipinski definition) is 2. The van der Waals surface area contributed by atoms with Crippen molar-refractivity contribution < 1.29 is 9.13 Å². The third kappa shape index (κ3) is 3.91. The van der Waals surface area contributed by atoms with Gasteiger partial charge in [0.1, 0.15) is 11.6 Å². The number of rotatable bonds is 5. The van der Waals surface area contributed by atoms with Crippen LogP contribution in [-0.4, -0.2) is 22.6 Å². The molecule has 0 saturated carbocycles. The lowest BCUT2D eigenvalue weighted by Gasteiger charge is -2.31. The molecule has 0 radical (unpaired) electrons. The first-order valence-electron chi connectivity index (χ1n) is 9.61. The van der Waals surface area contributed by atoms with Gasteiger partial charge in [0.05, 0.1) is 12.6 Å². The molecule has 0 aliphatic carbocycles. The Morgan fingerprint density at radius 2 is 1.78 bits per heavy atom. The Hall–Kier alpha value is -2.59. The number of halogens is 1. The first kappa shape index (κ1) is 17.8. The fourth-order valence-corrected chi connectivity index (χ4v) is 3.93. The van der Waals surface area contributed by atoms with Crippen LogP contribution in [-0.2, 0) is 13.1 Å². The van der Waals surface area contributed by atoms with Gasteiger partial charge in [0.15, 0.2) is 0 Å². The van der Waals surface area contributed by atoms with Crippen LogP contribution in [0.4, 0.5) is 4.39 Å². The molecule has 0 N–H and O–H groups in total. The van der Waals surface area contributed by atoms with Crippen molar-refractivity contribution in [2.45, 2.75) is 32.5 Å². The van der Waals surface area contributed by atoms with E-state index < -0.39 is 0 Å². The first-order valence-corrected chi connectivity index (χ1v) is 9.61. The number of fused-ring (bicyclic) bond motifs is 1. The second-order valence-electron chi connectivity index (χ2n) is 6.98. The second kappa shape index (κ2) is 7.97. The standard InChI is InChI=1S/C23H25FN2O/c1-2-27-21-12-8-19(9-13-21)23-22-5-3-14-25(22)15-4-16-26(23)17-18-6-10-20(24)11-7-18/h3,5-14,23H,2,4,15-17H2,1H3/t23-/m0/s1. The lowest BCUT2D eigenvalue weighted by molar-refractivity contribution is 0.220. The number of ether oxygens (including phenoxy) is 1. The van der Waals surface area contributed by atoms with Gasteiger partial charge in [-0.2, -0.15) is 0 Å². The average Bonchev–Trinajstić information content (AvgIpc) is 3.06. The van der Waals surface area contributed by atoms with E-state index in [0.717, 1.165) is 37.4 Å². The van der Waals surface area contributed by atoms with Crippen LogP contribution in [0, 0.1) is 5.82 Å². The third-order valence-corrected chi connectivity index (χ3v) is 5.16. The zero-order valence-electron chi connectivity index (χ0n) is 15.6. The van der Waals surface area contributed by atoms with Crippen LogP contribution in [0.2, 0.25) is 0 Å². The molecule has 0 amide bonds. The highest BCUT2D eigenvalue weighted by Crippen LogP contribution is 2.33. The van der Waals surface area contributed by atoms with Crippen LogP contribution < -0.4 is 4.74 Å². The number of nitrogens with zero attached hydrogens (tertiary/aromatic N) is 2. The third-order valence-electron chi connectivity index (χ3n) is 5.16. The van der Waals surface area contributed by atoms with Gasteiger partial charge in [-0.1, -0.05) is 24.3 Å². The van der Waals surface area contributed by atoms with Crippen LogP contribution in [0.5, 0.6) is 5.75 Å². The summed E-state index contributed by atoms with van der Waals surface area (Å²) in [4.78, 5) is 2.49. The van der Waals surface area contributed by atoms with Gasteiger partial charge in [0.25, 0.3) is 0 Å². The summed E-state index contributed by atoms with van der Waals surface area (Å²) in [6.07, 6.45) is 3.26. The molecule has 3 nitrogen and oxygen atoms in total. The summed E-state index contributed by atoms with van der Waals surface area (Å²) in [7, 11) is 0. The lowest BCUT2D eigenvalue weighted by Crippen LogP contribution is -2.29. The highest BCUT2D eigenvalue weighted by Gasteiger charge is 2.27. The Kier molecular flexibility index (Phi) is 5.26. The maximum Gasteiger partial charge on any atom is 0.123 e. The van der Waals surface area contributed by atoms with Crippen LogP contribution in [0.15, 0.2) is 66.9 Å². The molecule has 1 aliphatic rings. The van der Waals surface area contributed by atoms with Gasteiger partial charge in [-0.3, -0.25) is 4.90 Å². The fraction of sp³-hybridized carbons (Fsp3) is 0.304. The summed E-state index contributed by atoms with van der Waals surface area (Å²) < 4.78 is 21.3. The molecule has 1 atom stereocenters. The highest BCUT2D eigenvalue weighted by molar-refractivity contribution is 5.34. The van der Waals surface area contributed by atoms with E-state index in [1.165, 1.54) is 11.3 Å². The molecule has 0 bridgehead atoms. The van der Waals surface area contributed by atoms with E-state index in [2.05, 4.69) is 39.9 Å². The second-order valence-corrected chi connectivity index (χ2v) is 6.98. The molecule has 3 aromatic rings. The topological polar surface area (TPSA) is 17.4 Å². The van der Waals surface area contributed by atoms with Crippen LogP contribution in [0.25, 0.3) is 0 Å². The maximum atomic E-state index is 13.3. The summed E-state index contributed by atoms with van der Waals surface area (Å²) in [5.41, 5.74) is 3.69. The van der Waals surface area contributed by atoms with Gasteiger partial charge in [-0.25, -0.2) is 4.39 Å². The van der Waals surface area contributed by atoms with E-state index in [1.807, 2.05) is 31.2 Å². The number of aromatic nitrogens is 1. The van der Waals surface area contributed by atoms with E-state index >= 15 is 0 Å². The molecule has 1 aromatic heterocycles. The van der Waals surface area contributed by atoms with E-state index in [-0.39, 0.29) is 11.9 Å². The van der Waals surface area contributed by atoms with E-state index in [9.17, 15) is 4.39 Å². The normalized spacial score (nSPS) is 17.3. The quantitative estimate of drug-likeness (QED) is 0.632. The van der Waals surface area contributed by atoms with Gasteiger partial charge in [0.2, 0.25) is 0 Å². The van der Waals surface area contributed by atoms with E-state index in [4.69, 9.17) is 4.74 Å². The molecular weight excluding hydrogens is 339 g/mol. The van der Waals surface area contributed by atoms with Crippen LogP contribution >= 0.6 is 0 Å². The molecule has 4 rings (SSSR count). The zero-order chi connectivity index (χ0) is 18.6. The van der Waals surface area contributed by atoms with Crippen LogP contribution in [0.1, 0.15) is 36.2 Å². The summed E-state index contributed by atoms with van der Waals surface area (Å²) in [5.74, 6) is 0.710. The van der Waals surface area contributed by atoms with Gasteiger partial charge in [-0.15, -0.1) is 0 Å². The van der Waals surface area contributed by atoms with Crippen LogP contribution in [0.3, 0.4) is 0 Å². The SMILES string of the molecule is CCOc1ccc([C@H]2c3cccn3CCCN2Cc2ccc(F)cc2)cc1. The highest BCUT2D eigenvalue weighted by atomic mass is 19.1. The minimum atomic E-state index is -0.188. The Labute approximate surface area is 160 Å². The molecule has 0 spiro atoms. The minimum absolute atomic E-state index is 0.170. The number of aryl methyl sites for hydroxylation is 1. The molecule has 1 aliphatic heterocycles. The van der Waals surface area contributed by atoms with Gasteiger partial charge in [-0.05, 0) is 60.9 Å². The predicted octanol–water partition coefficient (Wildman–Crippen LogP) is 5.02. The molecule has 4 heteroatoms. The Morgan fingerprint density at radius 3 is 2.52 bits per heavy atom. The summed E-state index contributed by atoms with van der Waals surface area (Å²) in [6.45, 7) is 5.48. The zero-order valence-corrected chi connectivity index (χ0v) is 15.6. The van der Waals surface area contributed by atoms with E-state index in [0.29, 0.717) is 6.61 Å². The van der Waals surface area contributed by atoms with Gasteiger partial charge >= 0.3 is 0 Å². The minimum Gasteiger partial charge on any atom is -0.494 e. The molecule has 27 heavy (non-hydrogen) atoms. The Balaban J connectivity index is 1.68. The summed E-state index contributed by atoms with van der Waals surface area (Å²) in [5, 5.41) is 0. The molecule has 0 fully saturated rings. The predicted molar refractivity (Wildman–Crippen MR) is 105 cm³/mol. The Bertz CT molecular complexity index is 870. The van der Waals surface area contributed by atoms with Gasteiger partial charge < -0.3 is 9.30 Å². The molecule has 2 heterocycles. The van der Waals surface area contributed by atoms with Crippen molar-refractivity contribution >= 4 is 0 Å². The Morgan fingerprint density at radius 1 is 1.00 bits per heavy atom. The van der Waals surface area contributed by atoms with Gasteiger partial charge in [0, 0.05) is 31.5 Å². The van der Waals surface area contributed by atoms with Crippen molar-refractivity contribution in [1.29, 1.82) is 0 Å². The average molecular weight is 364 g/mol. The molecule has 0 saturated heterocycles. The molecular formula is C23H25FN2O.